The minimum atomic E-state index is 1.23. The monoisotopic (exact) mass is 520 g/mol. The maximum atomic E-state index is 2.32. The molecule has 0 radical (unpaired) electrons. The minimum Gasteiger partial charge on any atom is -0.0622 e. The molecule has 0 aliphatic heterocycles. The molecule has 0 unspecified atom stereocenters. The van der Waals surface area contributed by atoms with Gasteiger partial charge in [-0.05, 0) is 89.8 Å². The molecule has 0 saturated carbocycles. The maximum Gasteiger partial charge on any atom is -0.00203 e. The highest BCUT2D eigenvalue weighted by Gasteiger charge is 2.16. The van der Waals surface area contributed by atoms with Gasteiger partial charge in [-0.3, -0.25) is 0 Å². The first-order valence-electron chi connectivity index (χ1n) is 14.3. The van der Waals surface area contributed by atoms with Gasteiger partial charge in [0.25, 0.3) is 0 Å². The van der Waals surface area contributed by atoms with E-state index in [1.807, 2.05) is 0 Å². The van der Waals surface area contributed by atoms with Crippen molar-refractivity contribution in [3.05, 3.63) is 157 Å². The van der Waals surface area contributed by atoms with Gasteiger partial charge in [0, 0.05) is 0 Å². The Morgan fingerprint density at radius 3 is 1.61 bits per heavy atom. The Balaban J connectivity index is 1.36. The first-order chi connectivity index (χ1) is 20.2. The molecule has 0 heterocycles. The van der Waals surface area contributed by atoms with Crippen molar-refractivity contribution in [3.63, 3.8) is 0 Å². The van der Waals surface area contributed by atoms with E-state index in [1.54, 1.807) is 0 Å². The second kappa shape index (κ2) is 9.47. The standard InChI is InChI=1S/C41H28/c1-27-14-16-29(17-15-27)35-22-18-30-21-25-39-37(23-19-31-20-24-38(35)40(30)41(31)39)36-13-6-5-12-34(36)33-11-7-10-32(26-33)28-8-3-2-4-9-28/h2-26H,1H3. The Kier molecular flexibility index (Phi) is 5.47. The van der Waals surface area contributed by atoms with Crippen LogP contribution in [0.15, 0.2) is 152 Å². The van der Waals surface area contributed by atoms with Crippen molar-refractivity contribution in [2.24, 2.45) is 0 Å². The molecule has 8 aromatic rings. The van der Waals surface area contributed by atoms with E-state index in [0.717, 1.165) is 0 Å². The molecule has 192 valence electrons. The van der Waals surface area contributed by atoms with E-state index in [2.05, 4.69) is 159 Å². The third kappa shape index (κ3) is 3.91. The van der Waals surface area contributed by atoms with Crippen LogP contribution < -0.4 is 0 Å². The summed E-state index contributed by atoms with van der Waals surface area (Å²) in [5.74, 6) is 0. The summed E-state index contributed by atoms with van der Waals surface area (Å²) >= 11 is 0. The van der Waals surface area contributed by atoms with Gasteiger partial charge >= 0.3 is 0 Å². The van der Waals surface area contributed by atoms with Crippen molar-refractivity contribution in [3.8, 4) is 44.5 Å². The van der Waals surface area contributed by atoms with Gasteiger partial charge in [-0.15, -0.1) is 0 Å². The van der Waals surface area contributed by atoms with Gasteiger partial charge in [0.05, 0.1) is 0 Å². The van der Waals surface area contributed by atoms with Crippen LogP contribution in [0.1, 0.15) is 5.56 Å². The van der Waals surface area contributed by atoms with Crippen LogP contribution in [-0.2, 0) is 0 Å². The fraction of sp³-hybridized carbons (Fsp3) is 0.0244. The zero-order chi connectivity index (χ0) is 27.3. The van der Waals surface area contributed by atoms with Crippen molar-refractivity contribution in [1.29, 1.82) is 0 Å². The normalized spacial score (nSPS) is 11.5. The molecule has 0 nitrogen and oxygen atoms in total. The molecule has 41 heavy (non-hydrogen) atoms. The molecular formula is C41H28. The first-order valence-corrected chi connectivity index (χ1v) is 14.3. The highest BCUT2D eigenvalue weighted by atomic mass is 14.2. The van der Waals surface area contributed by atoms with Gasteiger partial charge in [-0.2, -0.15) is 0 Å². The van der Waals surface area contributed by atoms with Gasteiger partial charge in [-0.25, -0.2) is 0 Å². The van der Waals surface area contributed by atoms with Crippen LogP contribution in [0.5, 0.6) is 0 Å². The smallest absolute Gasteiger partial charge is 0.00203 e. The summed E-state index contributed by atoms with van der Waals surface area (Å²) in [6.07, 6.45) is 0. The Bertz CT molecular complexity index is 2180. The quantitative estimate of drug-likeness (QED) is 0.202. The van der Waals surface area contributed by atoms with Crippen LogP contribution in [0.25, 0.3) is 76.8 Å². The summed E-state index contributed by atoms with van der Waals surface area (Å²) in [6.45, 7) is 2.14. The lowest BCUT2D eigenvalue weighted by atomic mass is 9.85. The molecular weight excluding hydrogens is 492 g/mol. The summed E-state index contributed by atoms with van der Waals surface area (Å²) in [6, 6.07) is 55.7. The van der Waals surface area contributed by atoms with Crippen molar-refractivity contribution in [1.82, 2.24) is 0 Å². The molecule has 0 N–H and O–H groups in total. The minimum absolute atomic E-state index is 1.23. The van der Waals surface area contributed by atoms with E-state index in [1.165, 1.54) is 82.4 Å². The molecule has 0 bridgehead atoms. The number of benzene rings is 8. The third-order valence-electron chi connectivity index (χ3n) is 8.53. The number of hydrogen-bond acceptors (Lipinski definition) is 0. The predicted molar refractivity (Wildman–Crippen MR) is 177 cm³/mol. The SMILES string of the molecule is Cc1ccc(-c2ccc3ccc4c(-c5ccccc5-c5cccc(-c6ccccc6)c5)ccc5ccc2c3c54)cc1. The Hall–Kier alpha value is -5.20. The summed E-state index contributed by atoms with van der Waals surface area (Å²) in [5.41, 5.74) is 11.3. The fourth-order valence-corrected chi connectivity index (χ4v) is 6.49. The molecule has 0 amide bonds. The molecule has 8 aromatic carbocycles. The average Bonchev–Trinajstić information content (AvgIpc) is 3.04. The highest BCUT2D eigenvalue weighted by Crippen LogP contribution is 2.44. The van der Waals surface area contributed by atoms with Crippen LogP contribution in [0.3, 0.4) is 0 Å². The lowest BCUT2D eigenvalue weighted by molar-refractivity contribution is 1.47. The van der Waals surface area contributed by atoms with Crippen LogP contribution in [0.2, 0.25) is 0 Å². The van der Waals surface area contributed by atoms with Crippen LogP contribution in [-0.4, -0.2) is 0 Å². The lowest BCUT2D eigenvalue weighted by Crippen LogP contribution is -1.91. The van der Waals surface area contributed by atoms with E-state index >= 15 is 0 Å². The summed E-state index contributed by atoms with van der Waals surface area (Å²) < 4.78 is 0. The van der Waals surface area contributed by atoms with Gasteiger partial charge in [0.2, 0.25) is 0 Å². The van der Waals surface area contributed by atoms with Gasteiger partial charge in [0.1, 0.15) is 0 Å². The van der Waals surface area contributed by atoms with E-state index in [4.69, 9.17) is 0 Å². The Morgan fingerprint density at radius 1 is 0.317 bits per heavy atom. The molecule has 8 rings (SSSR count). The second-order valence-electron chi connectivity index (χ2n) is 11.0. The largest absolute Gasteiger partial charge is 0.0622 e. The Morgan fingerprint density at radius 2 is 0.878 bits per heavy atom. The lowest BCUT2D eigenvalue weighted by Gasteiger charge is -2.18. The number of rotatable bonds is 4. The molecule has 0 aliphatic carbocycles. The molecule has 0 atom stereocenters. The molecule has 0 spiro atoms. The van der Waals surface area contributed by atoms with E-state index < -0.39 is 0 Å². The van der Waals surface area contributed by atoms with Crippen LogP contribution in [0.4, 0.5) is 0 Å². The Labute approximate surface area is 240 Å². The zero-order valence-electron chi connectivity index (χ0n) is 22.9. The highest BCUT2D eigenvalue weighted by molar-refractivity contribution is 6.27. The fourth-order valence-electron chi connectivity index (χ4n) is 6.49. The molecule has 0 heteroatoms. The van der Waals surface area contributed by atoms with Crippen molar-refractivity contribution in [2.75, 3.05) is 0 Å². The van der Waals surface area contributed by atoms with Crippen LogP contribution >= 0.6 is 0 Å². The van der Waals surface area contributed by atoms with Gasteiger partial charge < -0.3 is 0 Å². The summed E-state index contributed by atoms with van der Waals surface area (Å²) in [7, 11) is 0. The maximum absolute atomic E-state index is 2.32. The van der Waals surface area contributed by atoms with Gasteiger partial charge in [-0.1, -0.05) is 151 Å². The second-order valence-corrected chi connectivity index (χ2v) is 11.0. The molecule has 0 fully saturated rings. The molecule has 0 saturated heterocycles. The van der Waals surface area contributed by atoms with Crippen LogP contribution in [0, 0.1) is 6.92 Å². The topological polar surface area (TPSA) is 0 Å². The van der Waals surface area contributed by atoms with Crippen molar-refractivity contribution < 1.29 is 0 Å². The van der Waals surface area contributed by atoms with Crippen molar-refractivity contribution >= 4 is 32.3 Å². The average molecular weight is 521 g/mol. The predicted octanol–water partition coefficient (Wildman–Crippen LogP) is 11.6. The van der Waals surface area contributed by atoms with E-state index in [0.29, 0.717) is 0 Å². The van der Waals surface area contributed by atoms with E-state index in [-0.39, 0.29) is 0 Å². The third-order valence-corrected chi connectivity index (χ3v) is 8.53. The van der Waals surface area contributed by atoms with E-state index in [9.17, 15) is 0 Å². The summed E-state index contributed by atoms with van der Waals surface area (Å²) in [4.78, 5) is 0. The molecule has 0 aliphatic rings. The molecule has 0 aromatic heterocycles. The van der Waals surface area contributed by atoms with Crippen molar-refractivity contribution in [2.45, 2.75) is 6.92 Å². The first kappa shape index (κ1) is 23.7. The number of hydrogen-bond donors (Lipinski definition) is 0. The summed E-state index contributed by atoms with van der Waals surface area (Å²) in [5, 5.41) is 7.88. The zero-order valence-corrected chi connectivity index (χ0v) is 22.9. The number of aryl methyl sites for hydroxylation is 1. The van der Waals surface area contributed by atoms with Gasteiger partial charge in [0.15, 0.2) is 0 Å².